The molecule has 0 saturated heterocycles. The van der Waals surface area contributed by atoms with Crippen LogP contribution in [0.5, 0.6) is 0 Å². The fourth-order valence-electron chi connectivity index (χ4n) is 1.68. The molecule has 0 saturated carbocycles. The van der Waals surface area contributed by atoms with Crippen LogP contribution >= 0.6 is 11.3 Å². The molecule has 4 nitrogen and oxygen atoms in total. The lowest BCUT2D eigenvalue weighted by atomic mass is 10.1. The van der Waals surface area contributed by atoms with Crippen molar-refractivity contribution in [2.24, 2.45) is 5.84 Å². The number of thiophene rings is 1. The maximum Gasteiger partial charge on any atom is 0.251 e. The number of rotatable bonds is 4. The van der Waals surface area contributed by atoms with Crippen LogP contribution in [0.15, 0.2) is 35.7 Å². The Hall–Kier alpha value is -1.85. The lowest BCUT2D eigenvalue weighted by molar-refractivity contribution is 0.0950. The van der Waals surface area contributed by atoms with E-state index >= 15 is 0 Å². The number of aryl methyl sites for hydroxylation is 1. The van der Waals surface area contributed by atoms with Crippen LogP contribution in [-0.4, -0.2) is 5.91 Å². The van der Waals surface area contributed by atoms with Crippen molar-refractivity contribution in [1.82, 2.24) is 5.32 Å². The van der Waals surface area contributed by atoms with Crippen molar-refractivity contribution in [2.45, 2.75) is 13.5 Å². The Kier molecular flexibility index (Phi) is 3.96. The molecule has 0 aliphatic heterocycles. The molecule has 1 aromatic heterocycles. The number of benzene rings is 1. The van der Waals surface area contributed by atoms with Crippen LogP contribution in [0.2, 0.25) is 0 Å². The number of amides is 1. The van der Waals surface area contributed by atoms with Crippen LogP contribution in [0.3, 0.4) is 0 Å². The van der Waals surface area contributed by atoms with Crippen molar-refractivity contribution < 1.29 is 4.79 Å². The van der Waals surface area contributed by atoms with Crippen molar-refractivity contribution >= 4 is 22.9 Å². The molecular weight excluding hydrogens is 246 g/mol. The third-order valence-electron chi connectivity index (χ3n) is 2.64. The third kappa shape index (κ3) is 2.88. The Morgan fingerprint density at radius 2 is 2.22 bits per heavy atom. The van der Waals surface area contributed by atoms with Gasteiger partial charge in [0.2, 0.25) is 0 Å². The van der Waals surface area contributed by atoms with E-state index in [0.717, 1.165) is 16.1 Å². The minimum Gasteiger partial charge on any atom is -0.347 e. The number of carbonyl (C=O) groups is 1. The molecule has 18 heavy (non-hydrogen) atoms. The van der Waals surface area contributed by atoms with E-state index < -0.39 is 0 Å². The number of carbonyl (C=O) groups excluding carboxylic acids is 1. The van der Waals surface area contributed by atoms with Gasteiger partial charge in [0.15, 0.2) is 0 Å². The number of nitrogens with two attached hydrogens (primary N) is 1. The molecule has 2 aromatic rings. The summed E-state index contributed by atoms with van der Waals surface area (Å²) in [7, 11) is 0. The number of anilines is 1. The minimum absolute atomic E-state index is 0.0653. The summed E-state index contributed by atoms with van der Waals surface area (Å²) in [5.41, 5.74) is 4.92. The van der Waals surface area contributed by atoms with Crippen LogP contribution in [0.1, 0.15) is 20.8 Å². The van der Waals surface area contributed by atoms with Gasteiger partial charge in [0.05, 0.1) is 6.54 Å². The number of hydrogen-bond donors (Lipinski definition) is 3. The molecule has 1 amide bonds. The van der Waals surface area contributed by atoms with E-state index in [1.807, 2.05) is 30.5 Å². The molecule has 1 aromatic carbocycles. The second-order valence-corrected chi connectivity index (χ2v) is 4.97. The van der Waals surface area contributed by atoms with Gasteiger partial charge in [-0.25, -0.2) is 0 Å². The topological polar surface area (TPSA) is 67.1 Å². The first-order valence-electron chi connectivity index (χ1n) is 5.58. The molecule has 0 radical (unpaired) electrons. The first kappa shape index (κ1) is 12.6. The maximum absolute atomic E-state index is 12.0. The summed E-state index contributed by atoms with van der Waals surface area (Å²) < 4.78 is 0. The highest BCUT2D eigenvalue weighted by Crippen LogP contribution is 2.15. The lowest BCUT2D eigenvalue weighted by Gasteiger charge is -2.08. The highest BCUT2D eigenvalue weighted by molar-refractivity contribution is 7.09. The molecule has 1 heterocycles. The molecule has 4 N–H and O–H groups in total. The molecule has 0 aliphatic rings. The van der Waals surface area contributed by atoms with Crippen LogP contribution in [0.25, 0.3) is 0 Å². The molecule has 0 fully saturated rings. The van der Waals surface area contributed by atoms with E-state index in [2.05, 4.69) is 10.7 Å². The number of nitrogen functional groups attached to an aromatic ring is 1. The van der Waals surface area contributed by atoms with E-state index in [9.17, 15) is 4.79 Å². The van der Waals surface area contributed by atoms with Gasteiger partial charge in [0.1, 0.15) is 0 Å². The largest absolute Gasteiger partial charge is 0.347 e. The van der Waals surface area contributed by atoms with Crippen molar-refractivity contribution in [1.29, 1.82) is 0 Å². The predicted octanol–water partition coefficient (Wildman–Crippen LogP) is 2.27. The van der Waals surface area contributed by atoms with Crippen molar-refractivity contribution in [3.8, 4) is 0 Å². The zero-order chi connectivity index (χ0) is 13.0. The van der Waals surface area contributed by atoms with E-state index in [1.165, 1.54) is 0 Å². The minimum atomic E-state index is -0.0653. The SMILES string of the molecule is Cc1cc(NN)ccc1C(=O)NCc1cccs1. The van der Waals surface area contributed by atoms with Gasteiger partial charge in [-0.3, -0.25) is 10.6 Å². The first-order chi connectivity index (χ1) is 8.70. The van der Waals surface area contributed by atoms with Crippen molar-refractivity contribution in [2.75, 3.05) is 5.43 Å². The number of nitrogens with one attached hydrogen (secondary N) is 2. The highest BCUT2D eigenvalue weighted by atomic mass is 32.1. The van der Waals surface area contributed by atoms with E-state index in [-0.39, 0.29) is 5.91 Å². The summed E-state index contributed by atoms with van der Waals surface area (Å²) in [6.07, 6.45) is 0. The van der Waals surface area contributed by atoms with Gasteiger partial charge >= 0.3 is 0 Å². The van der Waals surface area contributed by atoms with Gasteiger partial charge < -0.3 is 10.7 Å². The summed E-state index contributed by atoms with van der Waals surface area (Å²) >= 11 is 1.63. The second kappa shape index (κ2) is 5.66. The third-order valence-corrected chi connectivity index (χ3v) is 3.52. The van der Waals surface area contributed by atoms with Gasteiger partial charge in [-0.1, -0.05) is 6.07 Å². The van der Waals surface area contributed by atoms with Crippen LogP contribution in [0.4, 0.5) is 5.69 Å². The molecule has 2 rings (SSSR count). The maximum atomic E-state index is 12.0. The van der Waals surface area contributed by atoms with Gasteiger partial charge in [-0.15, -0.1) is 11.3 Å². The second-order valence-electron chi connectivity index (χ2n) is 3.94. The first-order valence-corrected chi connectivity index (χ1v) is 6.46. The van der Waals surface area contributed by atoms with Crippen LogP contribution in [0, 0.1) is 6.92 Å². The molecule has 0 unspecified atom stereocenters. The Bertz CT molecular complexity index is 537. The van der Waals surface area contributed by atoms with E-state index in [1.54, 1.807) is 23.5 Å². The summed E-state index contributed by atoms with van der Waals surface area (Å²) in [5.74, 6) is 5.25. The quantitative estimate of drug-likeness (QED) is 0.584. The summed E-state index contributed by atoms with van der Waals surface area (Å²) in [6.45, 7) is 2.45. The fraction of sp³-hybridized carbons (Fsp3) is 0.154. The van der Waals surface area contributed by atoms with Crippen LogP contribution in [-0.2, 0) is 6.54 Å². The van der Waals surface area contributed by atoms with Crippen LogP contribution < -0.4 is 16.6 Å². The van der Waals surface area contributed by atoms with Crippen molar-refractivity contribution in [3.63, 3.8) is 0 Å². The van der Waals surface area contributed by atoms with Crippen molar-refractivity contribution in [3.05, 3.63) is 51.7 Å². The number of hydrazine groups is 1. The monoisotopic (exact) mass is 261 g/mol. The van der Waals surface area contributed by atoms with E-state index in [4.69, 9.17) is 5.84 Å². The normalized spacial score (nSPS) is 10.1. The highest BCUT2D eigenvalue weighted by Gasteiger charge is 2.09. The zero-order valence-electron chi connectivity index (χ0n) is 10.1. The Morgan fingerprint density at radius 3 is 2.83 bits per heavy atom. The Morgan fingerprint density at radius 1 is 1.39 bits per heavy atom. The Labute approximate surface area is 110 Å². The van der Waals surface area contributed by atoms with Gasteiger partial charge in [-0.2, -0.15) is 0 Å². The molecule has 0 aliphatic carbocycles. The lowest BCUT2D eigenvalue weighted by Crippen LogP contribution is -2.23. The average molecular weight is 261 g/mol. The number of hydrogen-bond acceptors (Lipinski definition) is 4. The molecule has 0 atom stereocenters. The summed E-state index contributed by atoms with van der Waals surface area (Å²) in [5, 5.41) is 4.89. The predicted molar refractivity (Wildman–Crippen MR) is 74.5 cm³/mol. The molecular formula is C13H15N3OS. The van der Waals surface area contributed by atoms with Gasteiger partial charge in [-0.05, 0) is 42.1 Å². The Balaban J connectivity index is 2.04. The average Bonchev–Trinajstić information content (AvgIpc) is 2.88. The molecule has 0 spiro atoms. The molecule has 94 valence electrons. The van der Waals surface area contributed by atoms with Gasteiger partial charge in [0, 0.05) is 16.1 Å². The molecule has 5 heteroatoms. The fourth-order valence-corrected chi connectivity index (χ4v) is 2.33. The smallest absolute Gasteiger partial charge is 0.251 e. The molecule has 0 bridgehead atoms. The zero-order valence-corrected chi connectivity index (χ0v) is 10.9. The van der Waals surface area contributed by atoms with E-state index in [0.29, 0.717) is 12.1 Å². The summed E-state index contributed by atoms with van der Waals surface area (Å²) in [6, 6.07) is 9.37. The summed E-state index contributed by atoms with van der Waals surface area (Å²) in [4.78, 5) is 13.1. The standard InChI is InChI=1S/C13H15N3OS/c1-9-7-10(16-14)4-5-12(9)13(17)15-8-11-3-2-6-18-11/h2-7,16H,8,14H2,1H3,(H,15,17). The van der Waals surface area contributed by atoms with Gasteiger partial charge in [0.25, 0.3) is 5.91 Å².